The molecule has 28 heavy (non-hydrogen) atoms. The van der Waals surface area contributed by atoms with Crippen molar-refractivity contribution in [1.29, 1.82) is 0 Å². The smallest absolute Gasteiger partial charge is 0.277 e. The molecular formula is C19H24N8O. The van der Waals surface area contributed by atoms with Crippen LogP contribution in [0.25, 0.3) is 5.65 Å². The van der Waals surface area contributed by atoms with Crippen molar-refractivity contribution in [3.8, 4) is 0 Å². The van der Waals surface area contributed by atoms with Gasteiger partial charge in [-0.1, -0.05) is 0 Å². The number of hydrogen-bond donors (Lipinski definition) is 2. The Labute approximate surface area is 163 Å². The largest absolute Gasteiger partial charge is 0.350 e. The maximum absolute atomic E-state index is 12.6. The van der Waals surface area contributed by atoms with Crippen molar-refractivity contribution in [2.24, 2.45) is 0 Å². The molecule has 9 heteroatoms. The highest BCUT2D eigenvalue weighted by atomic mass is 16.1. The molecule has 1 aliphatic rings. The first-order chi connectivity index (χ1) is 13.4. The Bertz CT molecular complexity index is 1010. The Morgan fingerprint density at radius 3 is 2.75 bits per heavy atom. The molecule has 0 radical (unpaired) electrons. The lowest BCUT2D eigenvalue weighted by Gasteiger charge is -2.38. The van der Waals surface area contributed by atoms with Crippen LogP contribution in [0.1, 0.15) is 35.7 Å². The van der Waals surface area contributed by atoms with E-state index in [1.165, 1.54) is 6.20 Å². The van der Waals surface area contributed by atoms with Gasteiger partial charge in [0.1, 0.15) is 17.3 Å². The third kappa shape index (κ3) is 3.53. The number of imidazole rings is 1. The number of nitrogens with zero attached hydrogens (tertiary/aromatic N) is 6. The van der Waals surface area contributed by atoms with Gasteiger partial charge >= 0.3 is 0 Å². The van der Waals surface area contributed by atoms with E-state index in [0.29, 0.717) is 17.9 Å². The highest BCUT2D eigenvalue weighted by molar-refractivity contribution is 6.02. The SMILES string of the molecule is Cc1cn2cc(NC(=O)c3cnc(N4CC(C)NCC4C)cn3)nc(C)c2n1. The lowest BCUT2D eigenvalue weighted by Crippen LogP contribution is -2.54. The molecule has 1 amide bonds. The summed E-state index contributed by atoms with van der Waals surface area (Å²) in [7, 11) is 0. The normalized spacial score (nSPS) is 19.8. The van der Waals surface area contributed by atoms with E-state index >= 15 is 0 Å². The summed E-state index contributed by atoms with van der Waals surface area (Å²) in [5.41, 5.74) is 2.67. The summed E-state index contributed by atoms with van der Waals surface area (Å²) < 4.78 is 1.86. The minimum absolute atomic E-state index is 0.251. The predicted octanol–water partition coefficient (Wildman–Crippen LogP) is 1.58. The van der Waals surface area contributed by atoms with Crippen LogP contribution in [0, 0.1) is 13.8 Å². The second kappa shape index (κ2) is 7.16. The zero-order chi connectivity index (χ0) is 19.8. The molecule has 2 atom stereocenters. The van der Waals surface area contributed by atoms with Crippen LogP contribution in [0.4, 0.5) is 11.6 Å². The number of rotatable bonds is 3. The van der Waals surface area contributed by atoms with Crippen LogP contribution in [-0.2, 0) is 0 Å². The minimum Gasteiger partial charge on any atom is -0.350 e. The number of nitrogens with one attached hydrogen (secondary N) is 2. The van der Waals surface area contributed by atoms with Gasteiger partial charge in [-0.3, -0.25) is 4.79 Å². The first-order valence-electron chi connectivity index (χ1n) is 9.37. The number of fused-ring (bicyclic) bond motifs is 1. The standard InChI is InChI=1S/C19H24N8O/c1-11-9-27(13(3)5-20-11)17-7-21-15(6-22-17)19(28)25-16-10-26-8-12(2)23-18(26)14(4)24-16/h6-8,10-11,13,20H,5,9H2,1-4H3,(H,25,28). The Morgan fingerprint density at radius 2 is 2.00 bits per heavy atom. The predicted molar refractivity (Wildman–Crippen MR) is 107 cm³/mol. The number of carbonyl (C=O) groups is 1. The molecule has 2 N–H and O–H groups in total. The number of amides is 1. The lowest BCUT2D eigenvalue weighted by molar-refractivity contribution is 0.102. The average Bonchev–Trinajstić information content (AvgIpc) is 3.05. The van der Waals surface area contributed by atoms with E-state index in [1.807, 2.05) is 24.4 Å². The Hall–Kier alpha value is -3.07. The maximum Gasteiger partial charge on any atom is 0.277 e. The van der Waals surface area contributed by atoms with Crippen LogP contribution in [0.2, 0.25) is 0 Å². The van der Waals surface area contributed by atoms with Gasteiger partial charge in [-0.25, -0.2) is 19.9 Å². The molecule has 9 nitrogen and oxygen atoms in total. The van der Waals surface area contributed by atoms with Gasteiger partial charge in [0.25, 0.3) is 5.91 Å². The molecule has 0 aliphatic carbocycles. The quantitative estimate of drug-likeness (QED) is 0.711. The van der Waals surface area contributed by atoms with E-state index in [9.17, 15) is 4.79 Å². The Morgan fingerprint density at radius 1 is 1.18 bits per heavy atom. The van der Waals surface area contributed by atoms with Crippen molar-refractivity contribution in [3.05, 3.63) is 41.9 Å². The van der Waals surface area contributed by atoms with E-state index in [0.717, 1.165) is 35.9 Å². The molecule has 2 unspecified atom stereocenters. The van der Waals surface area contributed by atoms with Gasteiger partial charge in [0, 0.05) is 31.4 Å². The fraction of sp³-hybridized carbons (Fsp3) is 0.421. The molecule has 4 heterocycles. The first-order valence-corrected chi connectivity index (χ1v) is 9.37. The number of carbonyl (C=O) groups excluding carboxylic acids is 1. The maximum atomic E-state index is 12.6. The Balaban J connectivity index is 1.51. The fourth-order valence-electron chi connectivity index (χ4n) is 3.44. The van der Waals surface area contributed by atoms with E-state index < -0.39 is 0 Å². The number of aryl methyl sites for hydroxylation is 2. The van der Waals surface area contributed by atoms with Crippen LogP contribution in [0.3, 0.4) is 0 Å². The van der Waals surface area contributed by atoms with E-state index in [2.05, 4.69) is 49.3 Å². The van der Waals surface area contributed by atoms with Crippen LogP contribution in [-0.4, -0.2) is 55.4 Å². The second-order valence-electron chi connectivity index (χ2n) is 7.35. The summed E-state index contributed by atoms with van der Waals surface area (Å²) in [6.07, 6.45) is 6.80. The molecule has 0 saturated carbocycles. The van der Waals surface area contributed by atoms with Crippen molar-refractivity contribution in [2.75, 3.05) is 23.3 Å². The van der Waals surface area contributed by atoms with Gasteiger partial charge in [-0.15, -0.1) is 0 Å². The number of piperazine rings is 1. The topological polar surface area (TPSA) is 100 Å². The van der Waals surface area contributed by atoms with Crippen molar-refractivity contribution >= 4 is 23.2 Å². The zero-order valence-electron chi connectivity index (χ0n) is 16.5. The highest BCUT2D eigenvalue weighted by Crippen LogP contribution is 2.17. The summed E-state index contributed by atoms with van der Waals surface area (Å²) in [6, 6.07) is 0.708. The summed E-state index contributed by atoms with van der Waals surface area (Å²) in [5, 5.41) is 6.23. The van der Waals surface area contributed by atoms with E-state index in [1.54, 1.807) is 12.4 Å². The first kappa shape index (κ1) is 18.3. The van der Waals surface area contributed by atoms with Crippen molar-refractivity contribution in [1.82, 2.24) is 29.7 Å². The monoisotopic (exact) mass is 380 g/mol. The third-order valence-electron chi connectivity index (χ3n) is 4.90. The molecule has 3 aromatic heterocycles. The fourth-order valence-corrected chi connectivity index (χ4v) is 3.44. The molecular weight excluding hydrogens is 356 g/mol. The molecule has 4 rings (SSSR count). The molecule has 0 aromatic carbocycles. The van der Waals surface area contributed by atoms with Crippen molar-refractivity contribution < 1.29 is 4.79 Å². The van der Waals surface area contributed by atoms with Gasteiger partial charge in [0.2, 0.25) is 0 Å². The van der Waals surface area contributed by atoms with Gasteiger partial charge in [-0.05, 0) is 27.7 Å². The molecule has 146 valence electrons. The van der Waals surface area contributed by atoms with Crippen LogP contribution in [0.5, 0.6) is 0 Å². The van der Waals surface area contributed by atoms with Crippen molar-refractivity contribution in [3.63, 3.8) is 0 Å². The van der Waals surface area contributed by atoms with Gasteiger partial charge in [0.05, 0.1) is 30.0 Å². The number of anilines is 2. The zero-order valence-corrected chi connectivity index (χ0v) is 16.5. The molecule has 1 aliphatic heterocycles. The van der Waals surface area contributed by atoms with Crippen molar-refractivity contribution in [2.45, 2.75) is 39.8 Å². The van der Waals surface area contributed by atoms with Gasteiger partial charge in [-0.2, -0.15) is 0 Å². The van der Waals surface area contributed by atoms with Crippen LogP contribution in [0.15, 0.2) is 24.8 Å². The van der Waals surface area contributed by atoms with Gasteiger partial charge in [0.15, 0.2) is 5.65 Å². The number of hydrogen-bond acceptors (Lipinski definition) is 7. The summed E-state index contributed by atoms with van der Waals surface area (Å²) in [5.74, 6) is 0.883. The average molecular weight is 380 g/mol. The highest BCUT2D eigenvalue weighted by Gasteiger charge is 2.24. The summed E-state index contributed by atoms with van der Waals surface area (Å²) in [6.45, 7) is 9.82. The molecule has 0 bridgehead atoms. The molecule has 0 spiro atoms. The Kier molecular flexibility index (Phi) is 4.68. The molecule has 3 aromatic rings. The minimum atomic E-state index is -0.344. The van der Waals surface area contributed by atoms with E-state index in [-0.39, 0.29) is 11.6 Å². The second-order valence-corrected chi connectivity index (χ2v) is 7.35. The third-order valence-corrected chi connectivity index (χ3v) is 4.90. The lowest BCUT2D eigenvalue weighted by atomic mass is 10.1. The molecule has 1 fully saturated rings. The summed E-state index contributed by atoms with van der Waals surface area (Å²) >= 11 is 0. The van der Waals surface area contributed by atoms with Crippen LogP contribution >= 0.6 is 0 Å². The number of aromatic nitrogens is 5. The van der Waals surface area contributed by atoms with Crippen LogP contribution < -0.4 is 15.5 Å². The van der Waals surface area contributed by atoms with E-state index in [4.69, 9.17) is 0 Å². The summed E-state index contributed by atoms with van der Waals surface area (Å²) in [4.78, 5) is 32.4. The van der Waals surface area contributed by atoms with Gasteiger partial charge < -0.3 is 19.9 Å². The molecule has 1 saturated heterocycles.